The third-order valence-corrected chi connectivity index (χ3v) is 4.83. The third kappa shape index (κ3) is 1.88. The van der Waals surface area contributed by atoms with Crippen LogP contribution in [-0.4, -0.2) is 19.2 Å². The Kier molecular flexibility index (Phi) is 2.41. The molecule has 0 aliphatic carbocycles. The van der Waals surface area contributed by atoms with Crippen molar-refractivity contribution in [3.8, 4) is 0 Å². The zero-order valence-electron chi connectivity index (χ0n) is 7.04. The van der Waals surface area contributed by atoms with Crippen LogP contribution in [0.3, 0.4) is 0 Å². The van der Waals surface area contributed by atoms with Crippen molar-refractivity contribution in [2.75, 3.05) is 6.17 Å². The van der Waals surface area contributed by atoms with Crippen molar-refractivity contribution >= 4 is 13.3 Å². The fourth-order valence-electron chi connectivity index (χ4n) is 0.881. The number of nitrogens with zero attached hydrogens (tertiary/aromatic N) is 1. The van der Waals surface area contributed by atoms with Gasteiger partial charge in [-0.1, -0.05) is 19.2 Å². The lowest BCUT2D eigenvalue weighted by atomic mass is 10.5. The van der Waals surface area contributed by atoms with Crippen LogP contribution in [0.2, 0.25) is 13.1 Å². The van der Waals surface area contributed by atoms with Gasteiger partial charge in [0.25, 0.3) is 0 Å². The molecule has 0 radical (unpaired) electrons. The molecular weight excluding hydrogens is 152 g/mol. The number of hydrogen-bond donors (Lipinski definition) is 1. The van der Waals surface area contributed by atoms with Crippen LogP contribution in [0.25, 0.3) is 0 Å². The third-order valence-electron chi connectivity index (χ3n) is 1.95. The maximum Gasteiger partial charge on any atom is 0.0962 e. The predicted octanol–water partition coefficient (Wildman–Crippen LogP) is 0.495. The molecule has 0 saturated carbocycles. The number of rotatable bonds is 2. The molecule has 1 aromatic rings. The second kappa shape index (κ2) is 3.15. The first-order valence-corrected chi connectivity index (χ1v) is 6.98. The Morgan fingerprint density at radius 1 is 1.55 bits per heavy atom. The van der Waals surface area contributed by atoms with E-state index in [4.69, 9.17) is 5.73 Å². The Balaban J connectivity index is 2.93. The normalized spacial score (nSPS) is 11.5. The van der Waals surface area contributed by atoms with Crippen LogP contribution in [0, 0.1) is 0 Å². The molecule has 0 fully saturated rings. The number of pyridine rings is 1. The lowest BCUT2D eigenvalue weighted by molar-refractivity contribution is 1.29. The van der Waals surface area contributed by atoms with Crippen LogP contribution in [0.1, 0.15) is 0 Å². The quantitative estimate of drug-likeness (QED) is 0.650. The fraction of sp³-hybridized carbons (Fsp3) is 0.375. The number of aromatic nitrogens is 1. The molecule has 0 saturated heterocycles. The Bertz CT molecular complexity index is 221. The summed E-state index contributed by atoms with van der Waals surface area (Å²) in [5.41, 5.74) is 5.67. The van der Waals surface area contributed by atoms with Crippen molar-refractivity contribution in [1.29, 1.82) is 0 Å². The van der Waals surface area contributed by atoms with Gasteiger partial charge in [-0.05, 0) is 17.4 Å². The minimum atomic E-state index is -1.34. The smallest absolute Gasteiger partial charge is 0.0962 e. The molecule has 1 heterocycles. The minimum Gasteiger partial charge on any atom is -0.333 e. The van der Waals surface area contributed by atoms with E-state index in [1.165, 1.54) is 5.19 Å². The van der Waals surface area contributed by atoms with Crippen molar-refractivity contribution in [1.82, 2.24) is 4.98 Å². The number of nitrogens with two attached hydrogens (primary N) is 1. The van der Waals surface area contributed by atoms with Gasteiger partial charge in [-0.2, -0.15) is 0 Å². The first-order chi connectivity index (χ1) is 5.17. The molecule has 11 heavy (non-hydrogen) atoms. The van der Waals surface area contributed by atoms with Crippen LogP contribution in [0.15, 0.2) is 24.5 Å². The molecule has 0 unspecified atom stereocenters. The molecule has 0 spiro atoms. The molecule has 0 aliphatic heterocycles. The second-order valence-corrected chi connectivity index (χ2v) is 8.08. The monoisotopic (exact) mass is 166 g/mol. The van der Waals surface area contributed by atoms with Gasteiger partial charge in [0.2, 0.25) is 0 Å². The summed E-state index contributed by atoms with van der Waals surface area (Å²) >= 11 is 0. The van der Waals surface area contributed by atoms with Crippen LogP contribution in [0.4, 0.5) is 0 Å². The van der Waals surface area contributed by atoms with Crippen LogP contribution in [-0.2, 0) is 0 Å². The fourth-order valence-corrected chi connectivity index (χ4v) is 2.09. The van der Waals surface area contributed by atoms with Crippen molar-refractivity contribution in [2.45, 2.75) is 13.1 Å². The zero-order chi connectivity index (χ0) is 8.32. The summed E-state index contributed by atoms with van der Waals surface area (Å²) in [6.07, 6.45) is 4.52. The van der Waals surface area contributed by atoms with E-state index in [1.54, 1.807) is 6.20 Å². The summed E-state index contributed by atoms with van der Waals surface area (Å²) in [6.45, 7) is 4.51. The summed E-state index contributed by atoms with van der Waals surface area (Å²) in [5.74, 6) is 0. The summed E-state index contributed by atoms with van der Waals surface area (Å²) < 4.78 is 0. The van der Waals surface area contributed by atoms with Gasteiger partial charge in [-0.15, -0.1) is 0 Å². The van der Waals surface area contributed by atoms with Gasteiger partial charge in [0.15, 0.2) is 0 Å². The van der Waals surface area contributed by atoms with Crippen molar-refractivity contribution < 1.29 is 0 Å². The van der Waals surface area contributed by atoms with E-state index in [1.807, 2.05) is 12.3 Å². The molecule has 0 bridgehead atoms. The number of hydrogen-bond acceptors (Lipinski definition) is 2. The lowest BCUT2D eigenvalue weighted by Crippen LogP contribution is -2.48. The molecule has 2 nitrogen and oxygen atoms in total. The largest absolute Gasteiger partial charge is 0.333 e. The highest BCUT2D eigenvalue weighted by Crippen LogP contribution is 1.98. The van der Waals surface area contributed by atoms with Crippen molar-refractivity contribution in [2.24, 2.45) is 5.73 Å². The molecule has 60 valence electrons. The van der Waals surface area contributed by atoms with Crippen LogP contribution < -0.4 is 10.9 Å². The van der Waals surface area contributed by atoms with Gasteiger partial charge in [-0.3, -0.25) is 4.98 Å². The second-order valence-electron chi connectivity index (χ2n) is 3.33. The van der Waals surface area contributed by atoms with E-state index in [2.05, 4.69) is 24.1 Å². The SMILES string of the molecule is C[Si](C)(CN)c1cccnc1. The topological polar surface area (TPSA) is 38.9 Å². The summed E-state index contributed by atoms with van der Waals surface area (Å²) in [5, 5.41) is 1.34. The standard InChI is InChI=1S/C8H14N2Si/c1-11(2,7-9)8-4-3-5-10-6-8/h3-6H,7,9H2,1-2H3. The summed E-state index contributed by atoms with van der Waals surface area (Å²) in [7, 11) is -1.34. The van der Waals surface area contributed by atoms with Gasteiger partial charge < -0.3 is 5.73 Å². The molecule has 3 heteroatoms. The minimum absolute atomic E-state index is 0.790. The van der Waals surface area contributed by atoms with Crippen LogP contribution in [0.5, 0.6) is 0 Å². The molecule has 0 aliphatic rings. The van der Waals surface area contributed by atoms with E-state index in [-0.39, 0.29) is 0 Å². The maximum atomic E-state index is 5.67. The van der Waals surface area contributed by atoms with Crippen LogP contribution >= 0.6 is 0 Å². The molecule has 0 aromatic carbocycles. The van der Waals surface area contributed by atoms with E-state index in [0.29, 0.717) is 0 Å². The van der Waals surface area contributed by atoms with Crippen molar-refractivity contribution in [3.63, 3.8) is 0 Å². The molecule has 0 atom stereocenters. The average molecular weight is 166 g/mol. The molecule has 0 amide bonds. The van der Waals surface area contributed by atoms with Gasteiger partial charge in [-0.25, -0.2) is 0 Å². The highest BCUT2D eigenvalue weighted by molar-refractivity contribution is 6.89. The highest BCUT2D eigenvalue weighted by Gasteiger charge is 2.20. The zero-order valence-corrected chi connectivity index (χ0v) is 8.04. The van der Waals surface area contributed by atoms with E-state index < -0.39 is 8.07 Å². The molecule has 1 rings (SSSR count). The van der Waals surface area contributed by atoms with E-state index >= 15 is 0 Å². The van der Waals surface area contributed by atoms with Crippen molar-refractivity contribution in [3.05, 3.63) is 24.5 Å². The lowest BCUT2D eigenvalue weighted by Gasteiger charge is -2.19. The molecule has 1 aromatic heterocycles. The van der Waals surface area contributed by atoms with Gasteiger partial charge in [0.1, 0.15) is 0 Å². The van der Waals surface area contributed by atoms with Gasteiger partial charge in [0.05, 0.1) is 8.07 Å². The molecule has 2 N–H and O–H groups in total. The summed E-state index contributed by atoms with van der Waals surface area (Å²) in [4.78, 5) is 4.08. The molecular formula is C8H14N2Si. The Morgan fingerprint density at radius 3 is 2.73 bits per heavy atom. The van der Waals surface area contributed by atoms with E-state index in [0.717, 1.165) is 6.17 Å². The Hall–Kier alpha value is -0.673. The van der Waals surface area contributed by atoms with Gasteiger partial charge >= 0.3 is 0 Å². The first-order valence-electron chi connectivity index (χ1n) is 3.77. The first kappa shape index (κ1) is 8.42. The predicted molar refractivity (Wildman–Crippen MR) is 50.4 cm³/mol. The highest BCUT2D eigenvalue weighted by atomic mass is 28.3. The Labute approximate surface area is 68.5 Å². The summed E-state index contributed by atoms with van der Waals surface area (Å²) in [6, 6.07) is 4.09. The maximum absolute atomic E-state index is 5.67. The van der Waals surface area contributed by atoms with E-state index in [9.17, 15) is 0 Å². The Morgan fingerprint density at radius 2 is 2.27 bits per heavy atom. The van der Waals surface area contributed by atoms with Gasteiger partial charge in [0, 0.05) is 12.4 Å². The average Bonchev–Trinajstić information content (AvgIpc) is 2.06.